The summed E-state index contributed by atoms with van der Waals surface area (Å²) in [5.74, 6) is 0.285. The highest BCUT2D eigenvalue weighted by Gasteiger charge is 2.26. The molecular formula is C13H12BrCl2NO2S2. The Balaban J connectivity index is 2.30. The third kappa shape index (κ3) is 3.81. The van der Waals surface area contributed by atoms with Crippen molar-refractivity contribution in [1.82, 2.24) is 4.31 Å². The van der Waals surface area contributed by atoms with Crippen molar-refractivity contribution in [2.45, 2.75) is 17.3 Å². The lowest BCUT2D eigenvalue weighted by Crippen LogP contribution is -2.26. The van der Waals surface area contributed by atoms with E-state index >= 15 is 0 Å². The number of halogens is 3. The lowest BCUT2D eigenvalue weighted by Gasteiger charge is -2.17. The molecule has 3 nitrogen and oxygen atoms in total. The number of nitrogens with zero attached hydrogens (tertiary/aromatic N) is 1. The molecule has 1 aromatic heterocycles. The monoisotopic (exact) mass is 427 g/mol. The zero-order valence-corrected chi connectivity index (χ0v) is 15.7. The van der Waals surface area contributed by atoms with Crippen LogP contribution in [0.25, 0.3) is 0 Å². The molecule has 0 fully saturated rings. The van der Waals surface area contributed by atoms with Crippen molar-refractivity contribution in [2.24, 2.45) is 0 Å². The minimum absolute atomic E-state index is 0.209. The first kappa shape index (κ1) is 17.2. The van der Waals surface area contributed by atoms with Gasteiger partial charge in [0, 0.05) is 23.5 Å². The first-order valence-corrected chi connectivity index (χ1v) is 9.86. The standard InChI is InChI=1S/C13H12BrCl2NO2S2/c1-17(8-9-4-2-3-5-11(9)16)21(18,19)12-6-10(7-15)20-13(12)14/h2-6H,7-8H2,1H3. The van der Waals surface area contributed by atoms with Crippen LogP contribution in [-0.4, -0.2) is 19.8 Å². The largest absolute Gasteiger partial charge is 0.245 e. The Hall–Kier alpha value is -0.110. The molecule has 2 aromatic rings. The SMILES string of the molecule is CN(Cc1ccccc1Cl)S(=O)(=O)c1cc(CCl)sc1Br. The van der Waals surface area contributed by atoms with Crippen LogP contribution in [0.1, 0.15) is 10.4 Å². The Morgan fingerprint density at radius 1 is 1.33 bits per heavy atom. The summed E-state index contributed by atoms with van der Waals surface area (Å²) >= 11 is 16.4. The highest BCUT2D eigenvalue weighted by molar-refractivity contribution is 9.11. The molecule has 1 heterocycles. The average Bonchev–Trinajstić information content (AvgIpc) is 2.83. The van der Waals surface area contributed by atoms with Gasteiger partial charge in [0.1, 0.15) is 4.90 Å². The van der Waals surface area contributed by atoms with E-state index in [9.17, 15) is 8.42 Å². The number of thiophene rings is 1. The molecular weight excluding hydrogens is 417 g/mol. The number of hydrogen-bond acceptors (Lipinski definition) is 3. The Bertz CT molecular complexity index is 746. The van der Waals surface area contributed by atoms with Crippen LogP contribution in [0.5, 0.6) is 0 Å². The Kier molecular flexibility index (Phi) is 5.73. The fourth-order valence-corrected chi connectivity index (χ4v) is 5.82. The number of sulfonamides is 1. The Labute approximate surface area is 146 Å². The van der Waals surface area contributed by atoms with E-state index in [1.54, 1.807) is 18.2 Å². The summed E-state index contributed by atoms with van der Waals surface area (Å²) in [5.41, 5.74) is 0.758. The third-order valence-electron chi connectivity index (χ3n) is 2.88. The maximum atomic E-state index is 12.6. The molecule has 0 unspecified atom stereocenters. The quantitative estimate of drug-likeness (QED) is 0.645. The van der Waals surface area contributed by atoms with Crippen molar-refractivity contribution in [3.63, 3.8) is 0 Å². The third-order valence-corrected chi connectivity index (χ3v) is 7.75. The van der Waals surface area contributed by atoms with Crippen LogP contribution in [0, 0.1) is 0 Å². The Morgan fingerprint density at radius 2 is 2.00 bits per heavy atom. The second kappa shape index (κ2) is 6.98. The van der Waals surface area contributed by atoms with Gasteiger partial charge < -0.3 is 0 Å². The zero-order chi connectivity index (χ0) is 15.6. The lowest BCUT2D eigenvalue weighted by atomic mass is 10.2. The molecule has 2 rings (SSSR count). The minimum Gasteiger partial charge on any atom is -0.207 e. The van der Waals surface area contributed by atoms with E-state index in [1.165, 1.54) is 22.7 Å². The van der Waals surface area contributed by atoms with E-state index in [0.717, 1.165) is 10.4 Å². The molecule has 0 N–H and O–H groups in total. The molecule has 0 spiro atoms. The van der Waals surface area contributed by atoms with Crippen molar-refractivity contribution in [3.8, 4) is 0 Å². The number of rotatable bonds is 5. The van der Waals surface area contributed by atoms with E-state index in [1.807, 2.05) is 12.1 Å². The van der Waals surface area contributed by atoms with Crippen LogP contribution < -0.4 is 0 Å². The maximum Gasteiger partial charge on any atom is 0.245 e. The van der Waals surface area contributed by atoms with Gasteiger partial charge in [-0.05, 0) is 33.6 Å². The summed E-state index contributed by atoms with van der Waals surface area (Å²) in [7, 11) is -2.06. The normalized spacial score (nSPS) is 12.0. The molecule has 0 saturated heterocycles. The first-order valence-electron chi connectivity index (χ1n) is 5.90. The topological polar surface area (TPSA) is 37.4 Å². The molecule has 0 saturated carbocycles. The van der Waals surface area contributed by atoms with Gasteiger partial charge in [0.05, 0.1) is 9.67 Å². The van der Waals surface area contributed by atoms with Crippen molar-refractivity contribution in [1.29, 1.82) is 0 Å². The Morgan fingerprint density at radius 3 is 2.57 bits per heavy atom. The zero-order valence-electron chi connectivity index (χ0n) is 11.0. The molecule has 114 valence electrons. The van der Waals surface area contributed by atoms with Gasteiger partial charge in [0.2, 0.25) is 10.0 Å². The van der Waals surface area contributed by atoms with Crippen LogP contribution in [0.3, 0.4) is 0 Å². The van der Waals surface area contributed by atoms with E-state index in [0.29, 0.717) is 8.81 Å². The average molecular weight is 429 g/mol. The van der Waals surface area contributed by atoms with Gasteiger partial charge in [-0.25, -0.2) is 8.42 Å². The predicted molar refractivity (Wildman–Crippen MR) is 91.7 cm³/mol. The van der Waals surface area contributed by atoms with Gasteiger partial charge in [-0.2, -0.15) is 4.31 Å². The van der Waals surface area contributed by atoms with Crippen LogP contribution in [0.2, 0.25) is 5.02 Å². The summed E-state index contributed by atoms with van der Waals surface area (Å²) in [5, 5.41) is 0.547. The number of benzene rings is 1. The fourth-order valence-electron chi connectivity index (χ4n) is 1.76. The summed E-state index contributed by atoms with van der Waals surface area (Å²) < 4.78 is 27.1. The molecule has 0 bridgehead atoms. The van der Waals surface area contributed by atoms with Crippen LogP contribution in [0.4, 0.5) is 0 Å². The van der Waals surface area contributed by atoms with Crippen LogP contribution >= 0.6 is 50.5 Å². The van der Waals surface area contributed by atoms with Gasteiger partial charge in [0.25, 0.3) is 0 Å². The van der Waals surface area contributed by atoms with E-state index in [2.05, 4.69) is 15.9 Å². The highest BCUT2D eigenvalue weighted by atomic mass is 79.9. The summed E-state index contributed by atoms with van der Waals surface area (Å²) in [6.07, 6.45) is 0. The molecule has 0 amide bonds. The van der Waals surface area contributed by atoms with E-state index in [4.69, 9.17) is 23.2 Å². The van der Waals surface area contributed by atoms with Crippen molar-refractivity contribution in [2.75, 3.05) is 7.05 Å². The van der Waals surface area contributed by atoms with E-state index in [-0.39, 0.29) is 17.3 Å². The van der Waals surface area contributed by atoms with Gasteiger partial charge in [0.15, 0.2) is 0 Å². The van der Waals surface area contributed by atoms with Crippen molar-refractivity contribution >= 4 is 60.5 Å². The molecule has 0 aliphatic rings. The summed E-state index contributed by atoms with van der Waals surface area (Å²) in [4.78, 5) is 1.03. The van der Waals surface area contributed by atoms with Crippen LogP contribution in [-0.2, 0) is 22.4 Å². The second-order valence-electron chi connectivity index (χ2n) is 4.34. The van der Waals surface area contributed by atoms with Crippen molar-refractivity contribution < 1.29 is 8.42 Å². The minimum atomic E-state index is -3.59. The number of alkyl halides is 1. The van der Waals surface area contributed by atoms with Gasteiger partial charge in [-0.15, -0.1) is 22.9 Å². The van der Waals surface area contributed by atoms with Gasteiger partial charge >= 0.3 is 0 Å². The van der Waals surface area contributed by atoms with Gasteiger partial charge in [-0.1, -0.05) is 29.8 Å². The van der Waals surface area contributed by atoms with Crippen molar-refractivity contribution in [3.05, 3.63) is 49.6 Å². The molecule has 21 heavy (non-hydrogen) atoms. The molecule has 8 heteroatoms. The van der Waals surface area contributed by atoms with Crippen LogP contribution in [0.15, 0.2) is 39.0 Å². The highest BCUT2D eigenvalue weighted by Crippen LogP contribution is 2.34. The molecule has 0 atom stereocenters. The molecule has 1 aromatic carbocycles. The fraction of sp³-hybridized carbons (Fsp3) is 0.231. The molecule has 0 aliphatic carbocycles. The maximum absolute atomic E-state index is 12.6. The second-order valence-corrected chi connectivity index (χ2v) is 9.48. The van der Waals surface area contributed by atoms with E-state index < -0.39 is 10.0 Å². The van der Waals surface area contributed by atoms with Gasteiger partial charge in [-0.3, -0.25) is 0 Å². The smallest absolute Gasteiger partial charge is 0.207 e. The predicted octanol–water partition coefficient (Wildman–Crippen LogP) is 4.72. The molecule has 0 radical (unpaired) electrons. The summed E-state index contributed by atoms with van der Waals surface area (Å²) in [6.45, 7) is 0.209. The number of hydrogen-bond donors (Lipinski definition) is 0. The molecule has 0 aliphatic heterocycles. The first-order chi connectivity index (χ1) is 9.86. The summed E-state index contributed by atoms with van der Waals surface area (Å²) in [6, 6.07) is 8.78. The lowest BCUT2D eigenvalue weighted by molar-refractivity contribution is 0.467.